The van der Waals surface area contributed by atoms with Crippen molar-refractivity contribution >= 4 is 25.7 Å². The second kappa shape index (κ2) is 59.3. The van der Waals surface area contributed by atoms with E-state index in [1.165, 1.54) is 64.2 Å². The largest absolute Gasteiger partial charge is 0.472 e. The molecule has 0 radical (unpaired) electrons. The summed E-state index contributed by atoms with van der Waals surface area (Å²) in [5.74, 6) is -1.53. The zero-order chi connectivity index (χ0) is 56.9. The molecule has 0 aromatic carbocycles. The molecule has 78 heavy (non-hydrogen) atoms. The first-order valence-electron chi connectivity index (χ1n) is 30.8. The van der Waals surface area contributed by atoms with E-state index in [0.29, 0.717) is 19.3 Å². The molecule has 2 N–H and O–H groups in total. The monoisotopic (exact) mass is 1110 g/mol. The molecule has 12 heteroatoms. The van der Waals surface area contributed by atoms with Crippen molar-refractivity contribution in [3.8, 4) is 0 Å². The van der Waals surface area contributed by atoms with Gasteiger partial charge < -0.3 is 24.2 Å². The number of hydrogen-bond acceptors (Lipinski definition) is 10. The zero-order valence-corrected chi connectivity index (χ0v) is 50.2. The Kier molecular flexibility index (Phi) is 56.3. The molecule has 0 spiro atoms. The Labute approximate surface area is 475 Å². The number of aliphatic hydroxyl groups excluding tert-OH is 1. The van der Waals surface area contributed by atoms with Crippen molar-refractivity contribution in [2.45, 2.75) is 264 Å². The fourth-order valence-corrected chi connectivity index (χ4v) is 8.82. The maximum Gasteiger partial charge on any atom is 0.472 e. The topological polar surface area (TPSA) is 155 Å². The molecule has 0 saturated carbocycles. The third-order valence-corrected chi connectivity index (χ3v) is 13.6. The Bertz CT molecular complexity index is 1720. The van der Waals surface area contributed by atoms with Crippen LogP contribution in [-0.4, -0.2) is 66.5 Å². The van der Waals surface area contributed by atoms with Gasteiger partial charge in [-0.05, 0) is 122 Å². The Hall–Kier alpha value is -3.86. The minimum absolute atomic E-state index is 0.129. The molecule has 0 rings (SSSR count). The summed E-state index contributed by atoms with van der Waals surface area (Å²) in [7, 11) is -4.77. The Morgan fingerprint density at radius 3 is 1.04 bits per heavy atom. The number of rotatable bonds is 56. The van der Waals surface area contributed by atoms with Gasteiger partial charge in [-0.15, -0.1) is 0 Å². The van der Waals surface area contributed by atoms with E-state index < -0.39 is 57.8 Å². The minimum Gasteiger partial charge on any atom is -0.462 e. The molecule has 446 valence electrons. The highest BCUT2D eigenvalue weighted by molar-refractivity contribution is 7.47. The van der Waals surface area contributed by atoms with Crippen molar-refractivity contribution in [3.63, 3.8) is 0 Å². The Balaban J connectivity index is 4.79. The lowest BCUT2D eigenvalue weighted by Crippen LogP contribution is -2.30. The molecule has 0 aliphatic carbocycles. The summed E-state index contributed by atoms with van der Waals surface area (Å²) in [5, 5.41) is 9.84. The van der Waals surface area contributed by atoms with E-state index in [1.54, 1.807) is 0 Å². The van der Waals surface area contributed by atoms with Crippen LogP contribution in [0.15, 0.2) is 109 Å². The average molecular weight is 1110 g/mol. The number of carbonyl (C=O) groups excluding carboxylic acids is 3. The molecule has 0 aromatic rings. The van der Waals surface area contributed by atoms with E-state index in [-0.39, 0.29) is 25.9 Å². The lowest BCUT2D eigenvalue weighted by molar-refractivity contribution is -0.161. The predicted molar refractivity (Wildman–Crippen MR) is 325 cm³/mol. The molecule has 0 aromatic heterocycles. The molecule has 3 atom stereocenters. The number of phosphoric ester groups is 1. The van der Waals surface area contributed by atoms with E-state index >= 15 is 0 Å². The smallest absolute Gasteiger partial charge is 0.462 e. The molecule has 0 amide bonds. The first-order chi connectivity index (χ1) is 38.2. The third-order valence-electron chi connectivity index (χ3n) is 12.7. The first kappa shape index (κ1) is 74.1. The van der Waals surface area contributed by atoms with Gasteiger partial charge in [-0.25, -0.2) is 4.57 Å². The van der Waals surface area contributed by atoms with Crippen molar-refractivity contribution in [2.75, 3.05) is 26.4 Å². The quantitative estimate of drug-likeness (QED) is 0.0197. The Morgan fingerprint density at radius 2 is 0.667 bits per heavy atom. The number of aliphatic hydroxyl groups is 1. The summed E-state index contributed by atoms with van der Waals surface area (Å²) in [6.07, 6.45) is 71.8. The van der Waals surface area contributed by atoms with Crippen molar-refractivity contribution in [1.82, 2.24) is 0 Å². The van der Waals surface area contributed by atoms with E-state index in [0.717, 1.165) is 128 Å². The van der Waals surface area contributed by atoms with Gasteiger partial charge in [-0.1, -0.05) is 220 Å². The van der Waals surface area contributed by atoms with Gasteiger partial charge in [0.1, 0.15) is 12.7 Å². The average Bonchev–Trinajstić information content (AvgIpc) is 3.43. The number of ether oxygens (including phenoxy) is 3. The number of phosphoric acid groups is 1. The van der Waals surface area contributed by atoms with E-state index in [2.05, 4.69) is 130 Å². The van der Waals surface area contributed by atoms with Gasteiger partial charge in [0, 0.05) is 19.3 Å². The lowest BCUT2D eigenvalue weighted by Gasteiger charge is -2.21. The van der Waals surface area contributed by atoms with Crippen LogP contribution in [0.4, 0.5) is 0 Å². The number of allylic oxidation sites excluding steroid dienone is 18. The number of esters is 3. The number of carbonyl (C=O) groups is 3. The van der Waals surface area contributed by atoms with Crippen LogP contribution in [0.1, 0.15) is 252 Å². The molecule has 0 aliphatic rings. The normalized spacial score (nSPS) is 14.1. The summed E-state index contributed by atoms with van der Waals surface area (Å²) in [6.45, 7) is 4.36. The number of hydrogen-bond donors (Lipinski definition) is 2. The summed E-state index contributed by atoms with van der Waals surface area (Å²) in [4.78, 5) is 48.7. The molecule has 0 heterocycles. The van der Waals surface area contributed by atoms with Gasteiger partial charge in [0.05, 0.1) is 19.8 Å². The van der Waals surface area contributed by atoms with Crippen molar-refractivity contribution < 1.29 is 52.2 Å². The first-order valence-corrected chi connectivity index (χ1v) is 32.3. The third kappa shape index (κ3) is 56.8. The molecule has 11 nitrogen and oxygen atoms in total. The lowest BCUT2D eigenvalue weighted by atomic mass is 10.1. The van der Waals surface area contributed by atoms with E-state index in [4.69, 9.17) is 23.3 Å². The molecule has 0 saturated heterocycles. The van der Waals surface area contributed by atoms with Crippen molar-refractivity contribution in [1.29, 1.82) is 0 Å². The molecular formula is C66H111O11P. The van der Waals surface area contributed by atoms with Crippen molar-refractivity contribution in [2.24, 2.45) is 0 Å². The van der Waals surface area contributed by atoms with Crippen molar-refractivity contribution in [3.05, 3.63) is 109 Å². The highest BCUT2D eigenvalue weighted by atomic mass is 31.2. The van der Waals surface area contributed by atoms with Crippen LogP contribution in [0.5, 0.6) is 0 Å². The van der Waals surface area contributed by atoms with Gasteiger partial charge in [-0.3, -0.25) is 23.4 Å². The molecule has 0 fully saturated rings. The second-order valence-corrected chi connectivity index (χ2v) is 21.6. The zero-order valence-electron chi connectivity index (χ0n) is 49.3. The van der Waals surface area contributed by atoms with Crippen LogP contribution in [-0.2, 0) is 42.2 Å². The fourth-order valence-electron chi connectivity index (χ4n) is 8.04. The molecule has 0 aliphatic heterocycles. The predicted octanol–water partition coefficient (Wildman–Crippen LogP) is 18.6. The SMILES string of the molecule is CC/C=C\C/C=C\C/C=C\C/C=C\CCCCCCC(=O)OCC(COP(=O)(O)OCC(CO)OC(=O)CCCCCCCCC/C=C\CCCCCCCC)OC(=O)CCCCCC/C=C\C/C=C\C/C=C\C/C=C\CC. The minimum atomic E-state index is -4.77. The maximum atomic E-state index is 12.9. The second-order valence-electron chi connectivity index (χ2n) is 20.1. The van der Waals surface area contributed by atoms with E-state index in [9.17, 15) is 28.9 Å². The fraction of sp³-hybridized carbons (Fsp3) is 0.682. The summed E-state index contributed by atoms with van der Waals surface area (Å²) < 4.78 is 39.6. The van der Waals surface area contributed by atoms with Crippen LogP contribution in [0.25, 0.3) is 0 Å². The van der Waals surface area contributed by atoms with E-state index in [1.807, 2.05) is 0 Å². The van der Waals surface area contributed by atoms with Gasteiger partial charge in [-0.2, -0.15) is 0 Å². The summed E-state index contributed by atoms with van der Waals surface area (Å²) >= 11 is 0. The van der Waals surface area contributed by atoms with Crippen LogP contribution in [0.2, 0.25) is 0 Å². The Morgan fingerprint density at radius 1 is 0.372 bits per heavy atom. The highest BCUT2D eigenvalue weighted by Gasteiger charge is 2.28. The van der Waals surface area contributed by atoms with Crippen LogP contribution < -0.4 is 0 Å². The molecule has 3 unspecified atom stereocenters. The van der Waals surface area contributed by atoms with Gasteiger partial charge in [0.15, 0.2) is 6.10 Å². The van der Waals surface area contributed by atoms with Crippen LogP contribution >= 0.6 is 7.82 Å². The highest BCUT2D eigenvalue weighted by Crippen LogP contribution is 2.43. The van der Waals surface area contributed by atoms with Gasteiger partial charge >= 0.3 is 25.7 Å². The van der Waals surface area contributed by atoms with Crippen LogP contribution in [0, 0.1) is 0 Å². The summed E-state index contributed by atoms with van der Waals surface area (Å²) in [6, 6.07) is 0. The number of unbranched alkanes of at least 4 members (excludes halogenated alkanes) is 21. The van der Waals surface area contributed by atoms with Gasteiger partial charge in [0.25, 0.3) is 0 Å². The summed E-state index contributed by atoms with van der Waals surface area (Å²) in [5.41, 5.74) is 0. The van der Waals surface area contributed by atoms with Crippen LogP contribution in [0.3, 0.4) is 0 Å². The molecular weight excluding hydrogens is 1000 g/mol. The standard InChI is InChI=1S/C66H111O11P/c1-4-7-10-13-16-19-22-25-28-31-34-37-40-43-46-49-52-55-64(68)73-59-63(77-66(70)57-54-51-48-45-42-39-36-33-30-27-24-21-18-15-12-9-6-3)61-75-78(71,72)74-60-62(58-67)76-65(69)56-53-50-47-44-41-38-35-32-29-26-23-20-17-14-11-8-5-2/h7,9-10,12,16,18-19,21,25-30,34,36-37,39,62-63,67H,4-6,8,11,13-15,17,20,22-24,31-33,35,38,40-61H2,1-3H3,(H,71,72)/b10-7-,12-9-,19-16-,21-18-,28-25-,29-26-,30-27-,37-34-,39-36-. The van der Waals surface area contributed by atoms with Gasteiger partial charge in [0.2, 0.25) is 0 Å². The maximum absolute atomic E-state index is 12.9. The molecule has 0 bridgehead atoms.